The Labute approximate surface area is 170 Å². The first kappa shape index (κ1) is 20.4. The number of anilines is 1. The van der Waals surface area contributed by atoms with E-state index in [1.54, 1.807) is 32.5 Å². The van der Waals surface area contributed by atoms with Crippen LogP contribution < -0.4 is 14.8 Å². The van der Waals surface area contributed by atoms with Crippen molar-refractivity contribution in [2.24, 2.45) is 0 Å². The fraction of sp³-hybridized carbons (Fsp3) is 0.273. The number of benzene rings is 1. The molecular formula is C22H25N3O4. The summed E-state index contributed by atoms with van der Waals surface area (Å²) in [6.07, 6.45) is 1.62. The SMILES string of the molecule is COCCOc1ncccc1NC(=O)c1cc(C)n(-c2ccc(OC)cc2)c1C. The zero-order valence-electron chi connectivity index (χ0n) is 17.1. The number of methoxy groups -OCH3 is 2. The predicted octanol–water partition coefficient (Wildman–Crippen LogP) is 3.78. The molecule has 2 aromatic heterocycles. The molecule has 3 rings (SSSR count). The molecule has 3 aromatic rings. The lowest BCUT2D eigenvalue weighted by atomic mass is 10.2. The number of carbonyl (C=O) groups is 1. The van der Waals surface area contributed by atoms with Crippen LogP contribution in [-0.4, -0.2) is 42.9 Å². The zero-order valence-corrected chi connectivity index (χ0v) is 17.1. The third-order valence-electron chi connectivity index (χ3n) is 4.55. The first-order chi connectivity index (χ1) is 14.0. The Morgan fingerprint density at radius 2 is 1.86 bits per heavy atom. The van der Waals surface area contributed by atoms with Gasteiger partial charge in [-0.25, -0.2) is 4.98 Å². The van der Waals surface area contributed by atoms with Gasteiger partial charge in [0.25, 0.3) is 5.91 Å². The van der Waals surface area contributed by atoms with Gasteiger partial charge in [-0.15, -0.1) is 0 Å². The van der Waals surface area contributed by atoms with E-state index in [1.807, 2.05) is 48.7 Å². The molecule has 0 radical (unpaired) electrons. The molecule has 0 saturated carbocycles. The van der Waals surface area contributed by atoms with Gasteiger partial charge in [0.1, 0.15) is 18.0 Å². The number of pyridine rings is 1. The zero-order chi connectivity index (χ0) is 20.8. The highest BCUT2D eigenvalue weighted by molar-refractivity contribution is 6.06. The Morgan fingerprint density at radius 3 is 2.55 bits per heavy atom. The van der Waals surface area contributed by atoms with E-state index in [4.69, 9.17) is 14.2 Å². The van der Waals surface area contributed by atoms with E-state index in [0.29, 0.717) is 30.3 Å². The van der Waals surface area contributed by atoms with Gasteiger partial charge in [-0.05, 0) is 56.3 Å². The van der Waals surface area contributed by atoms with Crippen molar-refractivity contribution in [3.63, 3.8) is 0 Å². The van der Waals surface area contributed by atoms with E-state index in [1.165, 1.54) is 0 Å². The maximum atomic E-state index is 13.0. The number of aromatic nitrogens is 2. The molecule has 0 saturated heterocycles. The van der Waals surface area contributed by atoms with Crippen LogP contribution in [0.25, 0.3) is 5.69 Å². The van der Waals surface area contributed by atoms with Gasteiger partial charge in [-0.1, -0.05) is 0 Å². The number of hydrogen-bond acceptors (Lipinski definition) is 5. The molecule has 7 nitrogen and oxygen atoms in total. The molecule has 0 bridgehead atoms. The number of nitrogens with one attached hydrogen (secondary N) is 1. The molecule has 0 spiro atoms. The molecule has 1 N–H and O–H groups in total. The summed E-state index contributed by atoms with van der Waals surface area (Å²) in [4.78, 5) is 17.2. The third kappa shape index (κ3) is 4.57. The summed E-state index contributed by atoms with van der Waals surface area (Å²) < 4.78 is 17.8. The quantitative estimate of drug-likeness (QED) is 0.588. The van der Waals surface area contributed by atoms with Gasteiger partial charge in [0.05, 0.1) is 19.3 Å². The molecule has 1 amide bonds. The van der Waals surface area contributed by atoms with E-state index in [9.17, 15) is 4.79 Å². The lowest BCUT2D eigenvalue weighted by molar-refractivity contribution is 0.102. The highest BCUT2D eigenvalue weighted by Gasteiger charge is 2.18. The Morgan fingerprint density at radius 1 is 1.10 bits per heavy atom. The summed E-state index contributed by atoms with van der Waals surface area (Å²) in [6, 6.07) is 13.1. The van der Waals surface area contributed by atoms with E-state index in [2.05, 4.69) is 10.3 Å². The number of nitrogens with zero attached hydrogens (tertiary/aromatic N) is 2. The highest BCUT2D eigenvalue weighted by atomic mass is 16.5. The van der Waals surface area contributed by atoms with Crippen molar-refractivity contribution in [3.05, 3.63) is 65.6 Å². The number of carbonyl (C=O) groups excluding carboxylic acids is 1. The van der Waals surface area contributed by atoms with Crippen LogP contribution in [0.4, 0.5) is 5.69 Å². The minimum atomic E-state index is -0.220. The molecule has 0 aliphatic heterocycles. The van der Waals surface area contributed by atoms with E-state index in [0.717, 1.165) is 22.8 Å². The Balaban J connectivity index is 1.84. The summed E-state index contributed by atoms with van der Waals surface area (Å²) in [6.45, 7) is 4.68. The first-order valence-corrected chi connectivity index (χ1v) is 9.26. The van der Waals surface area contributed by atoms with E-state index in [-0.39, 0.29) is 5.91 Å². The van der Waals surface area contributed by atoms with Crippen molar-refractivity contribution in [2.45, 2.75) is 13.8 Å². The summed E-state index contributed by atoms with van der Waals surface area (Å²) in [5.41, 5.74) is 3.87. The predicted molar refractivity (Wildman–Crippen MR) is 111 cm³/mol. The fourth-order valence-corrected chi connectivity index (χ4v) is 3.13. The van der Waals surface area contributed by atoms with Crippen LogP contribution in [0.5, 0.6) is 11.6 Å². The Kier molecular flexibility index (Phi) is 6.51. The number of amides is 1. The first-order valence-electron chi connectivity index (χ1n) is 9.26. The van der Waals surface area contributed by atoms with Crippen molar-refractivity contribution in [3.8, 4) is 17.3 Å². The summed E-state index contributed by atoms with van der Waals surface area (Å²) in [5.74, 6) is 0.927. The van der Waals surface area contributed by atoms with E-state index >= 15 is 0 Å². The minimum absolute atomic E-state index is 0.220. The monoisotopic (exact) mass is 395 g/mol. The third-order valence-corrected chi connectivity index (χ3v) is 4.55. The molecule has 0 fully saturated rings. The summed E-state index contributed by atoms with van der Waals surface area (Å²) in [5, 5.41) is 2.90. The molecule has 0 atom stereocenters. The van der Waals surface area contributed by atoms with Crippen molar-refractivity contribution in [1.82, 2.24) is 9.55 Å². The van der Waals surface area contributed by atoms with Crippen LogP contribution in [-0.2, 0) is 4.74 Å². The van der Waals surface area contributed by atoms with Crippen molar-refractivity contribution < 1.29 is 19.0 Å². The second-order valence-corrected chi connectivity index (χ2v) is 6.47. The molecule has 0 aliphatic carbocycles. The number of rotatable bonds is 8. The van der Waals surface area contributed by atoms with Crippen LogP contribution in [0.15, 0.2) is 48.7 Å². The van der Waals surface area contributed by atoms with Gasteiger partial charge in [0, 0.05) is 30.4 Å². The van der Waals surface area contributed by atoms with Crippen LogP contribution in [0.3, 0.4) is 0 Å². The summed E-state index contributed by atoms with van der Waals surface area (Å²) >= 11 is 0. The van der Waals surface area contributed by atoms with Crippen molar-refractivity contribution >= 4 is 11.6 Å². The fourth-order valence-electron chi connectivity index (χ4n) is 3.13. The normalized spacial score (nSPS) is 10.6. The maximum Gasteiger partial charge on any atom is 0.257 e. The van der Waals surface area contributed by atoms with Crippen molar-refractivity contribution in [2.75, 3.05) is 32.8 Å². The van der Waals surface area contributed by atoms with Crippen LogP contribution >= 0.6 is 0 Å². The minimum Gasteiger partial charge on any atom is -0.497 e. The molecule has 0 aliphatic rings. The van der Waals surface area contributed by atoms with Crippen LogP contribution in [0.1, 0.15) is 21.7 Å². The van der Waals surface area contributed by atoms with Gasteiger partial charge in [-0.2, -0.15) is 0 Å². The van der Waals surface area contributed by atoms with Crippen LogP contribution in [0.2, 0.25) is 0 Å². The number of ether oxygens (including phenoxy) is 3. The lowest BCUT2D eigenvalue weighted by Gasteiger charge is -2.12. The summed E-state index contributed by atoms with van der Waals surface area (Å²) in [7, 11) is 3.23. The number of hydrogen-bond donors (Lipinski definition) is 1. The van der Waals surface area contributed by atoms with Crippen LogP contribution in [0, 0.1) is 13.8 Å². The second kappa shape index (κ2) is 9.25. The standard InChI is InChI=1S/C22H25N3O4/c1-15-14-19(16(2)25(15)17-7-9-18(28-4)10-8-17)21(26)24-20-6-5-11-23-22(20)29-13-12-27-3/h5-11,14H,12-13H2,1-4H3,(H,24,26). The molecule has 1 aromatic carbocycles. The molecule has 29 heavy (non-hydrogen) atoms. The molecular weight excluding hydrogens is 370 g/mol. The number of aryl methyl sites for hydroxylation is 1. The maximum absolute atomic E-state index is 13.0. The van der Waals surface area contributed by atoms with Gasteiger partial charge >= 0.3 is 0 Å². The molecule has 0 unspecified atom stereocenters. The van der Waals surface area contributed by atoms with Gasteiger partial charge < -0.3 is 24.1 Å². The molecule has 7 heteroatoms. The Bertz CT molecular complexity index is 980. The molecule has 2 heterocycles. The van der Waals surface area contributed by atoms with E-state index < -0.39 is 0 Å². The topological polar surface area (TPSA) is 74.6 Å². The largest absolute Gasteiger partial charge is 0.497 e. The van der Waals surface area contributed by atoms with Gasteiger partial charge in [-0.3, -0.25) is 4.79 Å². The second-order valence-electron chi connectivity index (χ2n) is 6.47. The average Bonchev–Trinajstić information content (AvgIpc) is 3.03. The Hall–Kier alpha value is -3.32. The average molecular weight is 395 g/mol. The van der Waals surface area contributed by atoms with Crippen molar-refractivity contribution in [1.29, 1.82) is 0 Å². The molecule has 152 valence electrons. The van der Waals surface area contributed by atoms with Gasteiger partial charge in [0.2, 0.25) is 5.88 Å². The lowest BCUT2D eigenvalue weighted by Crippen LogP contribution is -2.15. The highest BCUT2D eigenvalue weighted by Crippen LogP contribution is 2.25. The van der Waals surface area contributed by atoms with Gasteiger partial charge in [0.15, 0.2) is 0 Å². The smallest absolute Gasteiger partial charge is 0.257 e.